The van der Waals surface area contributed by atoms with Crippen molar-refractivity contribution in [2.75, 3.05) is 14.2 Å². The van der Waals surface area contributed by atoms with Crippen LogP contribution in [0.4, 0.5) is 0 Å². The second-order valence-corrected chi connectivity index (χ2v) is 7.25. The van der Waals surface area contributed by atoms with Crippen molar-refractivity contribution in [3.63, 3.8) is 0 Å². The predicted molar refractivity (Wildman–Crippen MR) is 123 cm³/mol. The lowest BCUT2D eigenvalue weighted by molar-refractivity contribution is 0.0940. The molecule has 1 amide bonds. The van der Waals surface area contributed by atoms with Gasteiger partial charge in [-0.15, -0.1) is 0 Å². The summed E-state index contributed by atoms with van der Waals surface area (Å²) in [6.07, 6.45) is 1.63. The Morgan fingerprint density at radius 2 is 1.69 bits per heavy atom. The molecule has 162 valence electrons. The van der Waals surface area contributed by atoms with E-state index in [0.29, 0.717) is 34.3 Å². The van der Waals surface area contributed by atoms with Crippen molar-refractivity contribution >= 4 is 5.91 Å². The maximum Gasteiger partial charge on any atom is 0.252 e. The van der Waals surface area contributed by atoms with Gasteiger partial charge in [-0.25, -0.2) is 4.98 Å². The van der Waals surface area contributed by atoms with E-state index in [1.165, 1.54) is 0 Å². The van der Waals surface area contributed by atoms with E-state index in [1.54, 1.807) is 32.5 Å². The zero-order valence-corrected chi connectivity index (χ0v) is 18.2. The number of methoxy groups -OCH3 is 2. The van der Waals surface area contributed by atoms with Gasteiger partial charge in [-0.3, -0.25) is 4.79 Å². The van der Waals surface area contributed by atoms with Crippen LogP contribution in [-0.2, 0) is 0 Å². The fraction of sp³-hybridized carbons (Fsp3) is 0.154. The number of carbonyl (C=O) groups excluding carboxylic acids is 1. The number of ether oxygens (including phenoxy) is 2. The van der Waals surface area contributed by atoms with E-state index in [-0.39, 0.29) is 11.9 Å². The zero-order chi connectivity index (χ0) is 22.5. The molecule has 4 aromatic rings. The van der Waals surface area contributed by atoms with Crippen LogP contribution in [0.1, 0.15) is 28.9 Å². The highest BCUT2D eigenvalue weighted by molar-refractivity contribution is 6.00. The molecule has 4 rings (SSSR count). The topological polar surface area (TPSA) is 73.6 Å². The van der Waals surface area contributed by atoms with Gasteiger partial charge in [-0.1, -0.05) is 42.5 Å². The predicted octanol–water partition coefficient (Wildman–Crippen LogP) is 5.52. The Kier molecular flexibility index (Phi) is 6.22. The summed E-state index contributed by atoms with van der Waals surface area (Å²) in [6, 6.07) is 22.4. The van der Waals surface area contributed by atoms with E-state index >= 15 is 0 Å². The first-order valence-electron chi connectivity index (χ1n) is 10.2. The fourth-order valence-electron chi connectivity index (χ4n) is 3.49. The summed E-state index contributed by atoms with van der Waals surface area (Å²) in [4.78, 5) is 17.5. The maximum atomic E-state index is 13.1. The number of nitrogens with one attached hydrogen (secondary N) is 1. The molecule has 0 saturated carbocycles. The van der Waals surface area contributed by atoms with Crippen LogP contribution in [0.15, 0.2) is 83.4 Å². The molecule has 0 spiro atoms. The van der Waals surface area contributed by atoms with E-state index in [2.05, 4.69) is 10.3 Å². The highest BCUT2D eigenvalue weighted by Gasteiger charge is 2.20. The Bertz CT molecular complexity index is 1220. The molecule has 32 heavy (non-hydrogen) atoms. The van der Waals surface area contributed by atoms with Gasteiger partial charge in [0.2, 0.25) is 5.89 Å². The third-order valence-electron chi connectivity index (χ3n) is 5.23. The van der Waals surface area contributed by atoms with E-state index in [9.17, 15) is 4.79 Å². The minimum atomic E-state index is -0.196. The van der Waals surface area contributed by atoms with Crippen molar-refractivity contribution in [1.82, 2.24) is 10.3 Å². The third-order valence-corrected chi connectivity index (χ3v) is 5.23. The Labute approximate surface area is 186 Å². The van der Waals surface area contributed by atoms with E-state index in [0.717, 1.165) is 11.1 Å². The van der Waals surface area contributed by atoms with Gasteiger partial charge in [0.05, 0.1) is 37.6 Å². The maximum absolute atomic E-state index is 13.1. The van der Waals surface area contributed by atoms with Crippen LogP contribution in [0.2, 0.25) is 0 Å². The van der Waals surface area contributed by atoms with Gasteiger partial charge in [0, 0.05) is 11.6 Å². The standard InChI is InChI=1S/C26H24N2O4/c1-17(18-9-5-4-6-10-18)28-25(29)20-11-7-8-12-21(20)26-27-16-24(32-26)22-14-13-19(30-2)15-23(22)31-3/h4-17H,1-3H3,(H,28,29)/t17-/m1/s1. The lowest BCUT2D eigenvalue weighted by atomic mass is 10.0. The number of amides is 1. The first-order chi connectivity index (χ1) is 15.6. The Hall–Kier alpha value is -4.06. The van der Waals surface area contributed by atoms with Crippen molar-refractivity contribution in [3.8, 4) is 34.3 Å². The third kappa shape index (κ3) is 4.34. The van der Waals surface area contributed by atoms with Crippen LogP contribution in [0, 0.1) is 0 Å². The number of hydrogen-bond donors (Lipinski definition) is 1. The molecule has 1 aromatic heterocycles. The van der Waals surface area contributed by atoms with Gasteiger partial charge in [-0.2, -0.15) is 0 Å². The quantitative estimate of drug-likeness (QED) is 0.420. The molecule has 0 fully saturated rings. The first-order valence-corrected chi connectivity index (χ1v) is 10.2. The number of carbonyl (C=O) groups is 1. The average molecular weight is 428 g/mol. The summed E-state index contributed by atoms with van der Waals surface area (Å²) >= 11 is 0. The van der Waals surface area contributed by atoms with E-state index < -0.39 is 0 Å². The number of aromatic nitrogens is 1. The molecule has 0 bridgehead atoms. The van der Waals surface area contributed by atoms with Gasteiger partial charge in [0.15, 0.2) is 5.76 Å². The summed E-state index contributed by atoms with van der Waals surface area (Å²) in [5.41, 5.74) is 2.88. The molecule has 0 aliphatic heterocycles. The molecule has 0 aliphatic rings. The van der Waals surface area contributed by atoms with Gasteiger partial charge in [0.1, 0.15) is 11.5 Å². The molecular weight excluding hydrogens is 404 g/mol. The SMILES string of the molecule is COc1ccc(-c2cnc(-c3ccccc3C(=O)N[C@H](C)c3ccccc3)o2)c(OC)c1. The lowest BCUT2D eigenvalue weighted by Gasteiger charge is -2.15. The van der Waals surface area contributed by atoms with Crippen LogP contribution in [0.3, 0.4) is 0 Å². The molecule has 1 N–H and O–H groups in total. The summed E-state index contributed by atoms with van der Waals surface area (Å²) in [7, 11) is 3.19. The van der Waals surface area contributed by atoms with Gasteiger partial charge < -0.3 is 19.2 Å². The number of oxazole rings is 1. The van der Waals surface area contributed by atoms with Crippen molar-refractivity contribution in [2.24, 2.45) is 0 Å². The fourth-order valence-corrected chi connectivity index (χ4v) is 3.49. The molecule has 1 atom stereocenters. The van der Waals surface area contributed by atoms with Crippen molar-refractivity contribution in [1.29, 1.82) is 0 Å². The monoisotopic (exact) mass is 428 g/mol. The molecule has 0 unspecified atom stereocenters. The van der Waals surface area contributed by atoms with Gasteiger partial charge in [0.25, 0.3) is 5.91 Å². The molecular formula is C26H24N2O4. The summed E-state index contributed by atoms with van der Waals surface area (Å²) < 4.78 is 16.8. The van der Waals surface area contributed by atoms with Crippen LogP contribution in [0.25, 0.3) is 22.8 Å². The average Bonchev–Trinajstić information content (AvgIpc) is 3.34. The minimum Gasteiger partial charge on any atom is -0.497 e. The molecule has 0 saturated heterocycles. The van der Waals surface area contributed by atoms with Crippen molar-refractivity contribution in [3.05, 3.63) is 90.1 Å². The number of benzene rings is 3. The Morgan fingerprint density at radius 1 is 0.938 bits per heavy atom. The van der Waals surface area contributed by atoms with Crippen molar-refractivity contribution in [2.45, 2.75) is 13.0 Å². The highest BCUT2D eigenvalue weighted by Crippen LogP contribution is 2.35. The molecule has 6 nitrogen and oxygen atoms in total. The molecule has 6 heteroatoms. The van der Waals surface area contributed by atoms with E-state index in [1.807, 2.05) is 67.6 Å². The van der Waals surface area contributed by atoms with Crippen LogP contribution < -0.4 is 14.8 Å². The Balaban J connectivity index is 1.63. The summed E-state index contributed by atoms with van der Waals surface area (Å²) in [5, 5.41) is 3.05. The number of hydrogen-bond acceptors (Lipinski definition) is 5. The highest BCUT2D eigenvalue weighted by atomic mass is 16.5. The summed E-state index contributed by atoms with van der Waals surface area (Å²) in [6.45, 7) is 1.95. The molecule has 0 aliphatic carbocycles. The molecule has 3 aromatic carbocycles. The first kappa shape index (κ1) is 21.2. The van der Waals surface area contributed by atoms with Gasteiger partial charge >= 0.3 is 0 Å². The largest absolute Gasteiger partial charge is 0.497 e. The molecule has 1 heterocycles. The second kappa shape index (κ2) is 9.39. The minimum absolute atomic E-state index is 0.138. The normalized spacial score (nSPS) is 11.6. The van der Waals surface area contributed by atoms with Crippen LogP contribution in [0.5, 0.6) is 11.5 Å². The summed E-state index contributed by atoms with van der Waals surface area (Å²) in [5.74, 6) is 1.98. The van der Waals surface area contributed by atoms with Crippen LogP contribution >= 0.6 is 0 Å². The lowest BCUT2D eigenvalue weighted by Crippen LogP contribution is -2.27. The number of rotatable bonds is 7. The Morgan fingerprint density at radius 3 is 2.44 bits per heavy atom. The zero-order valence-electron chi connectivity index (χ0n) is 18.2. The van der Waals surface area contributed by atoms with E-state index in [4.69, 9.17) is 13.9 Å². The van der Waals surface area contributed by atoms with Gasteiger partial charge in [-0.05, 0) is 36.8 Å². The molecule has 0 radical (unpaired) electrons. The van der Waals surface area contributed by atoms with Crippen LogP contribution in [-0.4, -0.2) is 25.1 Å². The second-order valence-electron chi connectivity index (χ2n) is 7.25. The number of nitrogens with zero attached hydrogens (tertiary/aromatic N) is 1. The smallest absolute Gasteiger partial charge is 0.252 e. The van der Waals surface area contributed by atoms with Crippen molar-refractivity contribution < 1.29 is 18.7 Å².